The lowest BCUT2D eigenvalue weighted by Crippen LogP contribution is -2.29. The van der Waals surface area contributed by atoms with Crippen molar-refractivity contribution in [3.63, 3.8) is 0 Å². The molecule has 0 bridgehead atoms. The number of piperidine rings is 1. The highest BCUT2D eigenvalue weighted by molar-refractivity contribution is 5.93. The van der Waals surface area contributed by atoms with Crippen LogP contribution in [-0.4, -0.2) is 27.6 Å². The Morgan fingerprint density at radius 1 is 1.10 bits per heavy atom. The van der Waals surface area contributed by atoms with Crippen molar-refractivity contribution in [3.05, 3.63) is 49.1 Å². The molecule has 21 heavy (non-hydrogen) atoms. The second-order valence-corrected chi connectivity index (χ2v) is 5.56. The molecular formula is C17H18N4. The van der Waals surface area contributed by atoms with Crippen LogP contribution in [0.25, 0.3) is 22.2 Å². The van der Waals surface area contributed by atoms with E-state index in [-0.39, 0.29) is 0 Å². The fraction of sp³-hybridized carbons (Fsp3) is 0.294. The van der Waals surface area contributed by atoms with Crippen LogP contribution in [0.15, 0.2) is 49.1 Å². The number of nitrogens with one attached hydrogen (secondary N) is 1. The Labute approximate surface area is 123 Å². The molecule has 1 fully saturated rings. The molecule has 1 aromatic carbocycles. The first-order chi connectivity index (χ1) is 10.4. The van der Waals surface area contributed by atoms with Gasteiger partial charge in [0.2, 0.25) is 0 Å². The highest BCUT2D eigenvalue weighted by Gasteiger charge is 2.19. The molecule has 0 unspecified atom stereocenters. The molecule has 0 aliphatic carbocycles. The molecule has 4 nitrogen and oxygen atoms in total. The Balaban J connectivity index is 1.88. The summed E-state index contributed by atoms with van der Waals surface area (Å²) in [6, 6.07) is 11.0. The lowest BCUT2D eigenvalue weighted by molar-refractivity contribution is 0.375. The number of benzene rings is 1. The smallest absolute Gasteiger partial charge is 0.144 e. The Kier molecular flexibility index (Phi) is 3.16. The molecule has 1 aliphatic heterocycles. The standard InChI is InChI=1S/C17H18N4/c1-2-4-13(5-3-1)16-11-21(14-6-8-18-9-7-14)17-15(16)10-19-12-20-17/h1-5,10-12,14,18H,6-9H2. The minimum atomic E-state index is 0.529. The van der Waals surface area contributed by atoms with Crippen molar-refractivity contribution in [2.24, 2.45) is 0 Å². The third kappa shape index (κ3) is 2.21. The molecule has 0 atom stereocenters. The maximum absolute atomic E-state index is 4.53. The predicted octanol–water partition coefficient (Wildman–Crippen LogP) is 3.02. The summed E-state index contributed by atoms with van der Waals surface area (Å²) >= 11 is 0. The molecule has 1 saturated heterocycles. The molecule has 1 N–H and O–H groups in total. The number of hydrogen-bond acceptors (Lipinski definition) is 3. The SMILES string of the molecule is c1ccc(-c2cn(C3CCNCC3)c3ncncc23)cc1. The Morgan fingerprint density at radius 3 is 2.71 bits per heavy atom. The second-order valence-electron chi connectivity index (χ2n) is 5.56. The molecular weight excluding hydrogens is 260 g/mol. The van der Waals surface area contributed by atoms with Crippen LogP contribution in [0.2, 0.25) is 0 Å². The van der Waals surface area contributed by atoms with Gasteiger partial charge in [0.1, 0.15) is 12.0 Å². The minimum absolute atomic E-state index is 0.529. The maximum Gasteiger partial charge on any atom is 0.144 e. The summed E-state index contributed by atoms with van der Waals surface area (Å²) in [5, 5.41) is 4.57. The monoisotopic (exact) mass is 278 g/mol. The molecule has 0 saturated carbocycles. The van der Waals surface area contributed by atoms with Crippen molar-refractivity contribution < 1.29 is 0 Å². The number of hydrogen-bond donors (Lipinski definition) is 1. The number of nitrogens with zero attached hydrogens (tertiary/aromatic N) is 3. The van der Waals surface area contributed by atoms with Gasteiger partial charge in [-0.15, -0.1) is 0 Å². The quantitative estimate of drug-likeness (QED) is 0.783. The summed E-state index contributed by atoms with van der Waals surface area (Å²) in [4.78, 5) is 8.75. The summed E-state index contributed by atoms with van der Waals surface area (Å²) in [7, 11) is 0. The molecule has 0 spiro atoms. The van der Waals surface area contributed by atoms with E-state index in [0.29, 0.717) is 6.04 Å². The highest BCUT2D eigenvalue weighted by atomic mass is 15.1. The summed E-state index contributed by atoms with van der Waals surface area (Å²) in [5.74, 6) is 0. The van der Waals surface area contributed by atoms with Gasteiger partial charge in [-0.3, -0.25) is 0 Å². The average molecular weight is 278 g/mol. The van der Waals surface area contributed by atoms with Gasteiger partial charge in [0.15, 0.2) is 0 Å². The van der Waals surface area contributed by atoms with Gasteiger partial charge in [-0.1, -0.05) is 30.3 Å². The molecule has 106 valence electrons. The zero-order chi connectivity index (χ0) is 14.1. The van der Waals surface area contributed by atoms with E-state index in [4.69, 9.17) is 0 Å². The zero-order valence-electron chi connectivity index (χ0n) is 11.9. The van der Waals surface area contributed by atoms with Gasteiger partial charge in [-0.05, 0) is 31.5 Å². The van der Waals surface area contributed by atoms with Crippen LogP contribution in [0.4, 0.5) is 0 Å². The summed E-state index contributed by atoms with van der Waals surface area (Å²) in [6.07, 6.45) is 8.14. The fourth-order valence-corrected chi connectivity index (χ4v) is 3.20. The van der Waals surface area contributed by atoms with E-state index in [2.05, 4.69) is 50.3 Å². The van der Waals surface area contributed by atoms with E-state index in [1.54, 1.807) is 6.33 Å². The van der Waals surface area contributed by atoms with Crippen molar-refractivity contribution in [2.75, 3.05) is 13.1 Å². The third-order valence-electron chi connectivity index (χ3n) is 4.28. The molecule has 3 aromatic rings. The average Bonchev–Trinajstić information content (AvgIpc) is 2.96. The van der Waals surface area contributed by atoms with E-state index in [0.717, 1.165) is 37.0 Å². The van der Waals surface area contributed by atoms with Crippen molar-refractivity contribution in [3.8, 4) is 11.1 Å². The van der Waals surface area contributed by atoms with Crippen LogP contribution >= 0.6 is 0 Å². The number of aromatic nitrogens is 3. The van der Waals surface area contributed by atoms with Crippen molar-refractivity contribution in [2.45, 2.75) is 18.9 Å². The van der Waals surface area contributed by atoms with Gasteiger partial charge in [-0.2, -0.15) is 0 Å². The van der Waals surface area contributed by atoms with Gasteiger partial charge in [0.25, 0.3) is 0 Å². The van der Waals surface area contributed by atoms with Crippen molar-refractivity contribution >= 4 is 11.0 Å². The lowest BCUT2D eigenvalue weighted by Gasteiger charge is -2.24. The molecule has 0 radical (unpaired) electrons. The molecule has 4 heteroatoms. The highest BCUT2D eigenvalue weighted by Crippen LogP contribution is 2.32. The lowest BCUT2D eigenvalue weighted by atomic mass is 10.1. The Hall–Kier alpha value is -2.20. The number of rotatable bonds is 2. The van der Waals surface area contributed by atoms with Crippen LogP contribution < -0.4 is 5.32 Å². The molecule has 4 rings (SSSR count). The summed E-state index contributed by atoms with van der Waals surface area (Å²) < 4.78 is 2.35. The van der Waals surface area contributed by atoms with Crippen LogP contribution in [0.1, 0.15) is 18.9 Å². The largest absolute Gasteiger partial charge is 0.329 e. The van der Waals surface area contributed by atoms with E-state index in [9.17, 15) is 0 Å². The molecule has 0 amide bonds. The van der Waals surface area contributed by atoms with Gasteiger partial charge < -0.3 is 9.88 Å². The molecule has 3 heterocycles. The van der Waals surface area contributed by atoms with E-state index < -0.39 is 0 Å². The van der Waals surface area contributed by atoms with E-state index in [1.807, 2.05) is 12.3 Å². The first-order valence-corrected chi connectivity index (χ1v) is 7.50. The summed E-state index contributed by atoms with van der Waals surface area (Å²) in [6.45, 7) is 2.16. The Bertz CT molecular complexity index is 742. The van der Waals surface area contributed by atoms with Gasteiger partial charge >= 0.3 is 0 Å². The molecule has 2 aromatic heterocycles. The maximum atomic E-state index is 4.53. The van der Waals surface area contributed by atoms with Crippen LogP contribution in [0.5, 0.6) is 0 Å². The van der Waals surface area contributed by atoms with Crippen molar-refractivity contribution in [1.82, 2.24) is 19.9 Å². The van der Waals surface area contributed by atoms with Gasteiger partial charge in [0, 0.05) is 29.4 Å². The van der Waals surface area contributed by atoms with Crippen molar-refractivity contribution in [1.29, 1.82) is 0 Å². The van der Waals surface area contributed by atoms with Crippen LogP contribution in [0.3, 0.4) is 0 Å². The zero-order valence-corrected chi connectivity index (χ0v) is 11.9. The first kappa shape index (κ1) is 12.5. The first-order valence-electron chi connectivity index (χ1n) is 7.50. The normalized spacial score (nSPS) is 16.4. The topological polar surface area (TPSA) is 42.7 Å². The molecule has 1 aliphatic rings. The fourth-order valence-electron chi connectivity index (χ4n) is 3.20. The van der Waals surface area contributed by atoms with Crippen LogP contribution in [-0.2, 0) is 0 Å². The minimum Gasteiger partial charge on any atom is -0.329 e. The van der Waals surface area contributed by atoms with E-state index >= 15 is 0 Å². The summed E-state index contributed by atoms with van der Waals surface area (Å²) in [5.41, 5.74) is 3.51. The third-order valence-corrected chi connectivity index (χ3v) is 4.28. The number of fused-ring (bicyclic) bond motifs is 1. The second kappa shape index (κ2) is 5.30. The Morgan fingerprint density at radius 2 is 1.90 bits per heavy atom. The van der Waals surface area contributed by atoms with Crippen LogP contribution in [0, 0.1) is 0 Å². The van der Waals surface area contributed by atoms with E-state index in [1.165, 1.54) is 11.1 Å². The predicted molar refractivity (Wildman–Crippen MR) is 84.1 cm³/mol. The van der Waals surface area contributed by atoms with Gasteiger partial charge in [-0.25, -0.2) is 9.97 Å². The van der Waals surface area contributed by atoms with Gasteiger partial charge in [0.05, 0.1) is 0 Å².